The van der Waals surface area contributed by atoms with Crippen LogP contribution in [0.5, 0.6) is 0 Å². The minimum atomic E-state index is -0.509. The summed E-state index contributed by atoms with van der Waals surface area (Å²) in [5, 5.41) is 11.2. The van der Waals surface area contributed by atoms with Gasteiger partial charge in [0.2, 0.25) is 0 Å². The lowest BCUT2D eigenvalue weighted by Crippen LogP contribution is -1.99. The first-order chi connectivity index (χ1) is 7.50. The first-order valence-corrected chi connectivity index (χ1v) is 6.39. The van der Waals surface area contributed by atoms with Crippen LogP contribution in [-0.4, -0.2) is 5.11 Å². The molecule has 0 aliphatic carbocycles. The van der Waals surface area contributed by atoms with Crippen molar-refractivity contribution < 1.29 is 5.11 Å². The highest BCUT2D eigenvalue weighted by atomic mass is 35.5. The van der Waals surface area contributed by atoms with E-state index in [-0.39, 0.29) is 0 Å². The predicted octanol–water partition coefficient (Wildman–Crippen LogP) is 4.85. The summed E-state index contributed by atoms with van der Waals surface area (Å²) in [4.78, 5) is 0. The Morgan fingerprint density at radius 3 is 2.50 bits per heavy atom. The maximum atomic E-state index is 10.00. The number of hydrogen-bond acceptors (Lipinski definition) is 1. The molecule has 1 aromatic rings. The third-order valence-corrected chi connectivity index (χ3v) is 3.16. The lowest BCUT2D eigenvalue weighted by Gasteiger charge is -2.13. The van der Waals surface area contributed by atoms with Crippen molar-refractivity contribution in [2.75, 3.05) is 0 Å². The largest absolute Gasteiger partial charge is 0.388 e. The average molecular weight is 261 g/mol. The molecule has 0 amide bonds. The zero-order chi connectivity index (χ0) is 12.1. The molecule has 1 atom stereocenters. The molecule has 0 fully saturated rings. The standard InChI is InChI=1S/C13H18Cl2O/c1-9(2)4-3-5-13(16)11-8-10(14)6-7-12(11)15/h6-9,13,16H,3-5H2,1-2H3. The molecule has 1 rings (SSSR count). The van der Waals surface area contributed by atoms with E-state index in [0.717, 1.165) is 24.8 Å². The van der Waals surface area contributed by atoms with Crippen LogP contribution in [0.2, 0.25) is 10.0 Å². The van der Waals surface area contributed by atoms with Crippen LogP contribution in [0.1, 0.15) is 44.8 Å². The summed E-state index contributed by atoms with van der Waals surface area (Å²) in [6.07, 6.45) is 2.35. The molecular formula is C13H18Cl2O. The van der Waals surface area contributed by atoms with Gasteiger partial charge in [0.15, 0.2) is 0 Å². The smallest absolute Gasteiger partial charge is 0.0805 e. The lowest BCUT2D eigenvalue weighted by molar-refractivity contribution is 0.162. The Morgan fingerprint density at radius 2 is 1.88 bits per heavy atom. The van der Waals surface area contributed by atoms with E-state index in [9.17, 15) is 5.11 Å². The molecule has 1 nitrogen and oxygen atoms in total. The molecule has 16 heavy (non-hydrogen) atoms. The second-order valence-electron chi connectivity index (χ2n) is 4.51. The van der Waals surface area contributed by atoms with Gasteiger partial charge in [0, 0.05) is 15.6 Å². The maximum absolute atomic E-state index is 10.00. The summed E-state index contributed by atoms with van der Waals surface area (Å²) in [6, 6.07) is 5.20. The van der Waals surface area contributed by atoms with Gasteiger partial charge in [-0.25, -0.2) is 0 Å². The molecule has 0 spiro atoms. The Kier molecular flexibility index (Phi) is 5.60. The number of hydrogen-bond donors (Lipinski definition) is 1. The summed E-state index contributed by atoms with van der Waals surface area (Å²) in [6.45, 7) is 4.36. The van der Waals surface area contributed by atoms with E-state index < -0.39 is 6.10 Å². The third-order valence-electron chi connectivity index (χ3n) is 2.58. The Labute approximate surface area is 107 Å². The molecule has 1 unspecified atom stereocenters. The van der Waals surface area contributed by atoms with Gasteiger partial charge < -0.3 is 5.11 Å². The number of halogens is 2. The predicted molar refractivity (Wildman–Crippen MR) is 70.1 cm³/mol. The number of aliphatic hydroxyl groups is 1. The van der Waals surface area contributed by atoms with Gasteiger partial charge >= 0.3 is 0 Å². The van der Waals surface area contributed by atoms with E-state index >= 15 is 0 Å². The summed E-state index contributed by atoms with van der Waals surface area (Å²) in [7, 11) is 0. The summed E-state index contributed by atoms with van der Waals surface area (Å²) < 4.78 is 0. The van der Waals surface area contributed by atoms with E-state index in [0.29, 0.717) is 16.0 Å². The molecule has 0 radical (unpaired) electrons. The van der Waals surface area contributed by atoms with Crippen molar-refractivity contribution in [2.24, 2.45) is 5.92 Å². The Morgan fingerprint density at radius 1 is 1.19 bits per heavy atom. The Bertz CT molecular complexity index is 337. The van der Waals surface area contributed by atoms with Crippen molar-refractivity contribution >= 4 is 23.2 Å². The fraction of sp³-hybridized carbons (Fsp3) is 0.538. The van der Waals surface area contributed by atoms with E-state index in [1.807, 2.05) is 0 Å². The van der Waals surface area contributed by atoms with Gasteiger partial charge in [0.1, 0.15) is 0 Å². The van der Waals surface area contributed by atoms with Crippen molar-refractivity contribution in [3.05, 3.63) is 33.8 Å². The van der Waals surface area contributed by atoms with Crippen LogP contribution in [0.15, 0.2) is 18.2 Å². The van der Waals surface area contributed by atoms with Crippen molar-refractivity contribution in [1.29, 1.82) is 0 Å². The van der Waals surface area contributed by atoms with Crippen LogP contribution < -0.4 is 0 Å². The van der Waals surface area contributed by atoms with Gasteiger partial charge in [0.25, 0.3) is 0 Å². The molecule has 90 valence electrons. The summed E-state index contributed by atoms with van der Waals surface area (Å²) in [5.41, 5.74) is 0.734. The zero-order valence-electron chi connectivity index (χ0n) is 9.71. The van der Waals surface area contributed by atoms with Crippen LogP contribution in [0, 0.1) is 5.92 Å². The second-order valence-corrected chi connectivity index (χ2v) is 5.35. The van der Waals surface area contributed by atoms with Crippen LogP contribution in [0.3, 0.4) is 0 Å². The van der Waals surface area contributed by atoms with Crippen LogP contribution in [-0.2, 0) is 0 Å². The molecule has 3 heteroatoms. The summed E-state index contributed by atoms with van der Waals surface area (Å²) >= 11 is 11.9. The molecule has 1 aromatic carbocycles. The minimum absolute atomic E-state index is 0.509. The van der Waals surface area contributed by atoms with E-state index in [1.165, 1.54) is 0 Å². The monoisotopic (exact) mass is 260 g/mol. The molecule has 0 heterocycles. The number of benzene rings is 1. The van der Waals surface area contributed by atoms with E-state index in [1.54, 1.807) is 18.2 Å². The molecule has 1 N–H and O–H groups in total. The third kappa shape index (κ3) is 4.32. The second kappa shape index (κ2) is 6.48. The maximum Gasteiger partial charge on any atom is 0.0805 e. The first-order valence-electron chi connectivity index (χ1n) is 5.63. The zero-order valence-corrected chi connectivity index (χ0v) is 11.2. The molecule has 0 aromatic heterocycles. The quantitative estimate of drug-likeness (QED) is 0.803. The minimum Gasteiger partial charge on any atom is -0.388 e. The lowest BCUT2D eigenvalue weighted by atomic mass is 10.0. The molecule has 0 bridgehead atoms. The number of aliphatic hydroxyl groups excluding tert-OH is 1. The van der Waals surface area contributed by atoms with Gasteiger partial charge in [-0.15, -0.1) is 0 Å². The van der Waals surface area contributed by atoms with Gasteiger partial charge in [-0.1, -0.05) is 49.9 Å². The fourth-order valence-corrected chi connectivity index (χ4v) is 2.07. The highest BCUT2D eigenvalue weighted by Gasteiger charge is 2.12. The van der Waals surface area contributed by atoms with Crippen molar-refractivity contribution in [2.45, 2.75) is 39.2 Å². The van der Waals surface area contributed by atoms with Gasteiger partial charge in [-0.05, 0) is 30.5 Å². The topological polar surface area (TPSA) is 20.2 Å². The normalized spacial score (nSPS) is 13.1. The molecule has 0 aliphatic heterocycles. The molecule has 0 aliphatic rings. The Hall–Kier alpha value is -0.240. The van der Waals surface area contributed by atoms with E-state index in [2.05, 4.69) is 13.8 Å². The molecule has 0 saturated carbocycles. The van der Waals surface area contributed by atoms with Crippen molar-refractivity contribution in [3.8, 4) is 0 Å². The van der Waals surface area contributed by atoms with Crippen molar-refractivity contribution in [3.63, 3.8) is 0 Å². The van der Waals surface area contributed by atoms with Crippen LogP contribution >= 0.6 is 23.2 Å². The van der Waals surface area contributed by atoms with Crippen LogP contribution in [0.4, 0.5) is 0 Å². The molecule has 0 saturated heterocycles. The highest BCUT2D eigenvalue weighted by molar-refractivity contribution is 6.33. The van der Waals surface area contributed by atoms with Gasteiger partial charge in [-0.2, -0.15) is 0 Å². The average Bonchev–Trinajstić information content (AvgIpc) is 2.21. The summed E-state index contributed by atoms with van der Waals surface area (Å²) in [5.74, 6) is 0.669. The van der Waals surface area contributed by atoms with Crippen LogP contribution in [0.25, 0.3) is 0 Å². The SMILES string of the molecule is CC(C)CCCC(O)c1cc(Cl)ccc1Cl. The van der Waals surface area contributed by atoms with E-state index in [4.69, 9.17) is 23.2 Å². The first kappa shape index (κ1) is 13.8. The van der Waals surface area contributed by atoms with Gasteiger partial charge in [-0.3, -0.25) is 0 Å². The number of rotatable bonds is 5. The molecular weight excluding hydrogens is 243 g/mol. The van der Waals surface area contributed by atoms with Gasteiger partial charge in [0.05, 0.1) is 6.10 Å². The highest BCUT2D eigenvalue weighted by Crippen LogP contribution is 2.29. The fourth-order valence-electron chi connectivity index (χ4n) is 1.64. The van der Waals surface area contributed by atoms with Crippen molar-refractivity contribution in [1.82, 2.24) is 0 Å². The Balaban J connectivity index is 2.58.